The van der Waals surface area contributed by atoms with Gasteiger partial charge in [-0.15, -0.1) is 10.2 Å². The lowest BCUT2D eigenvalue weighted by Gasteiger charge is -2.17. The van der Waals surface area contributed by atoms with E-state index in [0.717, 1.165) is 28.9 Å². The summed E-state index contributed by atoms with van der Waals surface area (Å²) in [6.45, 7) is 3.33. The van der Waals surface area contributed by atoms with Crippen LogP contribution in [-0.2, 0) is 11.2 Å². The van der Waals surface area contributed by atoms with Crippen molar-refractivity contribution in [2.24, 2.45) is 0 Å². The highest BCUT2D eigenvalue weighted by molar-refractivity contribution is 7.08. The fourth-order valence-electron chi connectivity index (χ4n) is 3.41. The quantitative estimate of drug-likeness (QED) is 0.672. The summed E-state index contributed by atoms with van der Waals surface area (Å²) in [5, 5.41) is 12.3. The highest BCUT2D eigenvalue weighted by atomic mass is 32.1. The van der Waals surface area contributed by atoms with Crippen LogP contribution in [0.5, 0.6) is 5.75 Å². The van der Waals surface area contributed by atoms with E-state index in [1.807, 2.05) is 46.8 Å². The third-order valence-corrected chi connectivity index (χ3v) is 5.56. The molecule has 7 heteroatoms. The molecule has 27 heavy (non-hydrogen) atoms. The molecule has 3 heterocycles. The normalized spacial score (nSPS) is 16.7. The summed E-state index contributed by atoms with van der Waals surface area (Å²) in [7, 11) is 1.63. The molecule has 0 saturated carbocycles. The Bertz CT molecular complexity index is 936. The van der Waals surface area contributed by atoms with Crippen molar-refractivity contribution in [2.75, 3.05) is 20.2 Å². The Morgan fingerprint density at radius 2 is 2.26 bits per heavy atom. The predicted molar refractivity (Wildman–Crippen MR) is 103 cm³/mol. The number of likely N-dealkylation sites (tertiary alicyclic amines) is 1. The summed E-state index contributed by atoms with van der Waals surface area (Å²) in [5.41, 5.74) is 2.98. The first kappa shape index (κ1) is 17.7. The van der Waals surface area contributed by atoms with Crippen LogP contribution >= 0.6 is 11.3 Å². The summed E-state index contributed by atoms with van der Waals surface area (Å²) >= 11 is 1.59. The summed E-state index contributed by atoms with van der Waals surface area (Å²) < 4.78 is 11.2. The molecule has 1 aliphatic rings. The van der Waals surface area contributed by atoms with E-state index in [4.69, 9.17) is 9.15 Å². The predicted octanol–water partition coefficient (Wildman–Crippen LogP) is 3.67. The first-order valence-electron chi connectivity index (χ1n) is 8.91. The average molecular weight is 383 g/mol. The van der Waals surface area contributed by atoms with Gasteiger partial charge >= 0.3 is 0 Å². The number of hydrogen-bond donors (Lipinski definition) is 0. The van der Waals surface area contributed by atoms with Gasteiger partial charge in [-0.2, -0.15) is 11.3 Å². The summed E-state index contributed by atoms with van der Waals surface area (Å²) in [4.78, 5) is 14.6. The van der Waals surface area contributed by atoms with Gasteiger partial charge in [0.1, 0.15) is 5.75 Å². The molecular weight excluding hydrogens is 362 g/mol. The monoisotopic (exact) mass is 383 g/mol. The zero-order valence-electron chi connectivity index (χ0n) is 15.3. The molecule has 0 spiro atoms. The number of carbonyl (C=O) groups excluding carboxylic acids is 1. The summed E-state index contributed by atoms with van der Waals surface area (Å²) in [6, 6.07) is 7.87. The molecule has 1 amide bonds. The van der Waals surface area contributed by atoms with E-state index in [-0.39, 0.29) is 11.8 Å². The second-order valence-corrected chi connectivity index (χ2v) is 7.55. The minimum absolute atomic E-state index is 0.0910. The van der Waals surface area contributed by atoms with Crippen LogP contribution in [0.4, 0.5) is 0 Å². The number of amides is 1. The largest absolute Gasteiger partial charge is 0.496 e. The fraction of sp³-hybridized carbons (Fsp3) is 0.350. The van der Waals surface area contributed by atoms with Gasteiger partial charge in [-0.25, -0.2) is 0 Å². The minimum Gasteiger partial charge on any atom is -0.496 e. The fourth-order valence-corrected chi connectivity index (χ4v) is 4.04. The van der Waals surface area contributed by atoms with Crippen LogP contribution in [0.2, 0.25) is 0 Å². The number of ether oxygens (including phenoxy) is 1. The first-order valence-corrected chi connectivity index (χ1v) is 9.85. The number of benzene rings is 1. The Hall–Kier alpha value is -2.67. The molecule has 140 valence electrons. The number of hydrogen-bond acceptors (Lipinski definition) is 6. The van der Waals surface area contributed by atoms with Gasteiger partial charge in [-0.1, -0.05) is 17.7 Å². The van der Waals surface area contributed by atoms with Crippen LogP contribution in [0.15, 0.2) is 39.4 Å². The maximum atomic E-state index is 12.8. The van der Waals surface area contributed by atoms with E-state index in [1.54, 1.807) is 18.4 Å². The van der Waals surface area contributed by atoms with Crippen molar-refractivity contribution < 1.29 is 13.9 Å². The second-order valence-electron chi connectivity index (χ2n) is 6.77. The molecule has 1 atom stereocenters. The van der Waals surface area contributed by atoms with Gasteiger partial charge in [0, 0.05) is 29.6 Å². The van der Waals surface area contributed by atoms with E-state index in [9.17, 15) is 4.79 Å². The number of thiophene rings is 1. The standard InChI is InChI=1S/C20H21N3O3S/c1-13-3-4-17(25-2)16(9-13)10-18(24)23-7-5-14(11-23)19-21-22-20(26-19)15-6-8-27-12-15/h3-4,6,8-9,12,14H,5,7,10-11H2,1-2H3. The Morgan fingerprint density at radius 3 is 3.04 bits per heavy atom. The van der Waals surface area contributed by atoms with Crippen molar-refractivity contribution in [3.8, 4) is 17.2 Å². The topological polar surface area (TPSA) is 68.5 Å². The molecule has 2 aromatic heterocycles. The van der Waals surface area contributed by atoms with Crippen LogP contribution in [0.1, 0.15) is 29.4 Å². The van der Waals surface area contributed by atoms with E-state index >= 15 is 0 Å². The summed E-state index contributed by atoms with van der Waals surface area (Å²) in [6.07, 6.45) is 1.17. The molecule has 0 radical (unpaired) electrons. The van der Waals surface area contributed by atoms with Crippen LogP contribution in [-0.4, -0.2) is 41.2 Å². The minimum atomic E-state index is 0.0910. The van der Waals surface area contributed by atoms with Crippen molar-refractivity contribution in [2.45, 2.75) is 25.7 Å². The second kappa shape index (κ2) is 7.52. The maximum absolute atomic E-state index is 12.8. The number of aryl methyl sites for hydroxylation is 1. The first-order chi connectivity index (χ1) is 13.1. The van der Waals surface area contributed by atoms with Gasteiger partial charge < -0.3 is 14.1 Å². The molecule has 3 aromatic rings. The number of carbonyl (C=O) groups is 1. The van der Waals surface area contributed by atoms with Gasteiger partial charge in [0.25, 0.3) is 0 Å². The molecule has 1 unspecified atom stereocenters. The average Bonchev–Trinajstić information content (AvgIpc) is 3.41. The van der Waals surface area contributed by atoms with Crippen LogP contribution in [0, 0.1) is 6.92 Å². The highest BCUT2D eigenvalue weighted by Crippen LogP contribution is 2.30. The third kappa shape index (κ3) is 3.73. The molecule has 0 N–H and O–H groups in total. The Labute approximate surface area is 161 Å². The van der Waals surface area contributed by atoms with Gasteiger partial charge in [0.05, 0.1) is 19.4 Å². The Morgan fingerprint density at radius 1 is 1.37 bits per heavy atom. The van der Waals surface area contributed by atoms with Gasteiger partial charge in [-0.3, -0.25) is 4.79 Å². The number of methoxy groups -OCH3 is 1. The Kier molecular flexibility index (Phi) is 4.94. The van der Waals surface area contributed by atoms with Gasteiger partial charge in [0.2, 0.25) is 17.7 Å². The smallest absolute Gasteiger partial charge is 0.248 e. The molecule has 6 nitrogen and oxygen atoms in total. The van der Waals surface area contributed by atoms with Gasteiger partial charge in [0.15, 0.2) is 0 Å². The van der Waals surface area contributed by atoms with Crippen molar-refractivity contribution in [1.82, 2.24) is 15.1 Å². The molecule has 1 fully saturated rings. The van der Waals surface area contributed by atoms with Crippen molar-refractivity contribution >= 4 is 17.2 Å². The molecule has 4 rings (SSSR count). The lowest BCUT2D eigenvalue weighted by molar-refractivity contribution is -0.129. The van der Waals surface area contributed by atoms with E-state index in [2.05, 4.69) is 10.2 Å². The van der Waals surface area contributed by atoms with Crippen LogP contribution in [0.25, 0.3) is 11.5 Å². The number of rotatable bonds is 5. The van der Waals surface area contributed by atoms with Crippen LogP contribution < -0.4 is 4.74 Å². The van der Waals surface area contributed by atoms with E-state index < -0.39 is 0 Å². The molecule has 0 aliphatic carbocycles. The third-order valence-electron chi connectivity index (χ3n) is 4.88. The highest BCUT2D eigenvalue weighted by Gasteiger charge is 2.31. The van der Waals surface area contributed by atoms with E-state index in [0.29, 0.717) is 31.3 Å². The maximum Gasteiger partial charge on any atom is 0.248 e. The van der Waals surface area contributed by atoms with Crippen LogP contribution in [0.3, 0.4) is 0 Å². The molecule has 1 aliphatic heterocycles. The number of aromatic nitrogens is 2. The molecule has 1 aromatic carbocycles. The van der Waals surface area contributed by atoms with Crippen molar-refractivity contribution in [3.63, 3.8) is 0 Å². The molecule has 1 saturated heterocycles. The van der Waals surface area contributed by atoms with Crippen molar-refractivity contribution in [3.05, 3.63) is 52.0 Å². The lowest BCUT2D eigenvalue weighted by atomic mass is 10.1. The molecular formula is C20H21N3O3S. The zero-order chi connectivity index (χ0) is 18.8. The number of nitrogens with zero attached hydrogens (tertiary/aromatic N) is 3. The van der Waals surface area contributed by atoms with Gasteiger partial charge in [-0.05, 0) is 30.9 Å². The SMILES string of the molecule is COc1ccc(C)cc1CC(=O)N1CCC(c2nnc(-c3ccsc3)o2)C1. The molecule has 0 bridgehead atoms. The summed E-state index contributed by atoms with van der Waals surface area (Å²) in [5.74, 6) is 2.09. The van der Waals surface area contributed by atoms with E-state index in [1.165, 1.54) is 0 Å². The lowest BCUT2D eigenvalue weighted by Crippen LogP contribution is -2.30. The van der Waals surface area contributed by atoms with Crippen molar-refractivity contribution in [1.29, 1.82) is 0 Å². The zero-order valence-corrected chi connectivity index (χ0v) is 16.2. The Balaban J connectivity index is 1.42.